The Hall–Kier alpha value is -3.03. The molecule has 4 rings (SSSR count). The third-order valence-corrected chi connectivity index (χ3v) is 8.43. The molecule has 0 bridgehead atoms. The lowest BCUT2D eigenvalue weighted by atomic mass is 9.94. The molecule has 6 nitrogen and oxygen atoms in total. The summed E-state index contributed by atoms with van der Waals surface area (Å²) in [6, 6.07) is 9.39. The van der Waals surface area contributed by atoms with Gasteiger partial charge in [-0.25, -0.2) is 8.42 Å². The van der Waals surface area contributed by atoms with E-state index in [-0.39, 0.29) is 34.2 Å². The summed E-state index contributed by atoms with van der Waals surface area (Å²) >= 11 is 0. The molecule has 0 N–H and O–H groups in total. The Bertz CT molecular complexity index is 1260. The number of fused-ring (bicyclic) bond motifs is 1. The number of aryl methyl sites for hydroxylation is 1. The SMILES string of the molecule is C=Cc1ccc2c(c1)CC[C@@H](CC(F)(F)F)N2S(=O)(=O)c1ccc(OCC2CCOCC2)c(C#N)c1. The van der Waals surface area contributed by atoms with Crippen LogP contribution in [0.3, 0.4) is 0 Å². The van der Waals surface area contributed by atoms with E-state index in [0.717, 1.165) is 22.7 Å². The number of anilines is 1. The van der Waals surface area contributed by atoms with Crippen molar-refractivity contribution in [3.63, 3.8) is 0 Å². The summed E-state index contributed by atoms with van der Waals surface area (Å²) in [5, 5.41) is 9.66. The Morgan fingerprint density at radius 1 is 1.17 bits per heavy atom. The number of benzene rings is 2. The predicted molar refractivity (Wildman–Crippen MR) is 129 cm³/mol. The van der Waals surface area contributed by atoms with Crippen molar-refractivity contribution < 1.29 is 31.1 Å². The van der Waals surface area contributed by atoms with Gasteiger partial charge in [0.05, 0.1) is 35.2 Å². The summed E-state index contributed by atoms with van der Waals surface area (Å²) < 4.78 is 79.7. The zero-order valence-corrected chi connectivity index (χ0v) is 20.4. The summed E-state index contributed by atoms with van der Waals surface area (Å²) in [5.41, 5.74) is 1.60. The van der Waals surface area contributed by atoms with Gasteiger partial charge in [-0.05, 0) is 73.1 Å². The topological polar surface area (TPSA) is 79.6 Å². The van der Waals surface area contributed by atoms with Crippen LogP contribution in [0.4, 0.5) is 18.9 Å². The fourth-order valence-electron chi connectivity index (χ4n) is 4.68. The van der Waals surface area contributed by atoms with Crippen molar-refractivity contribution >= 4 is 21.8 Å². The van der Waals surface area contributed by atoms with Gasteiger partial charge in [-0.15, -0.1) is 0 Å². The summed E-state index contributed by atoms with van der Waals surface area (Å²) in [7, 11) is -4.42. The van der Waals surface area contributed by atoms with Crippen LogP contribution in [0.2, 0.25) is 0 Å². The summed E-state index contributed by atoms with van der Waals surface area (Å²) in [6.07, 6.45) is -2.23. The Morgan fingerprint density at radius 3 is 2.58 bits per heavy atom. The van der Waals surface area contributed by atoms with Crippen LogP contribution in [-0.2, 0) is 21.2 Å². The van der Waals surface area contributed by atoms with E-state index in [0.29, 0.717) is 31.8 Å². The van der Waals surface area contributed by atoms with Gasteiger partial charge in [0.25, 0.3) is 10.0 Å². The number of halogens is 3. The molecule has 192 valence electrons. The van der Waals surface area contributed by atoms with Crippen LogP contribution in [0.5, 0.6) is 5.75 Å². The van der Waals surface area contributed by atoms with E-state index in [1.54, 1.807) is 18.2 Å². The van der Waals surface area contributed by atoms with E-state index < -0.39 is 28.7 Å². The van der Waals surface area contributed by atoms with Crippen molar-refractivity contribution in [2.45, 2.75) is 49.2 Å². The molecule has 36 heavy (non-hydrogen) atoms. The van der Waals surface area contributed by atoms with Crippen molar-refractivity contribution in [1.82, 2.24) is 0 Å². The van der Waals surface area contributed by atoms with Crippen LogP contribution in [0.1, 0.15) is 42.4 Å². The van der Waals surface area contributed by atoms with Crippen LogP contribution >= 0.6 is 0 Å². The zero-order chi connectivity index (χ0) is 25.9. The van der Waals surface area contributed by atoms with Gasteiger partial charge in [0, 0.05) is 13.2 Å². The van der Waals surface area contributed by atoms with E-state index in [9.17, 15) is 26.9 Å². The van der Waals surface area contributed by atoms with E-state index >= 15 is 0 Å². The fraction of sp³-hybridized carbons (Fsp3) is 0.423. The predicted octanol–water partition coefficient (Wildman–Crippen LogP) is 5.47. The summed E-state index contributed by atoms with van der Waals surface area (Å²) in [6.45, 7) is 5.35. The highest BCUT2D eigenvalue weighted by molar-refractivity contribution is 7.92. The number of alkyl halides is 3. The average molecular weight is 521 g/mol. The molecule has 0 aromatic heterocycles. The molecule has 1 fully saturated rings. The molecular formula is C26H27F3N2O4S. The second-order valence-corrected chi connectivity index (χ2v) is 10.9. The standard InChI is InChI=1S/C26H27F3N2O4S/c1-2-18-3-7-24-20(13-18)4-5-22(15-26(27,28)29)31(24)36(32,33)23-6-8-25(21(14-23)16-30)35-17-19-9-11-34-12-10-19/h2-3,6-8,13-14,19,22H,1,4-5,9-12,15,17H2/t22-/m0/s1. The first-order valence-corrected chi connectivity index (χ1v) is 13.2. The molecule has 10 heteroatoms. The van der Waals surface area contributed by atoms with Gasteiger partial charge in [0.1, 0.15) is 11.8 Å². The molecule has 0 spiro atoms. The van der Waals surface area contributed by atoms with Gasteiger partial charge < -0.3 is 9.47 Å². The highest BCUT2D eigenvalue weighted by Gasteiger charge is 2.42. The Labute approximate surface area is 209 Å². The molecule has 0 unspecified atom stereocenters. The summed E-state index contributed by atoms with van der Waals surface area (Å²) in [5.74, 6) is 0.506. The molecular weight excluding hydrogens is 493 g/mol. The first kappa shape index (κ1) is 26.0. The van der Waals surface area contributed by atoms with E-state index in [2.05, 4.69) is 6.58 Å². The quantitative estimate of drug-likeness (QED) is 0.484. The lowest BCUT2D eigenvalue weighted by Crippen LogP contribution is -2.45. The molecule has 1 atom stereocenters. The van der Waals surface area contributed by atoms with Crippen LogP contribution in [0.25, 0.3) is 6.08 Å². The largest absolute Gasteiger partial charge is 0.492 e. The number of sulfonamides is 1. The molecule has 0 aliphatic carbocycles. The molecule has 2 heterocycles. The zero-order valence-electron chi connectivity index (χ0n) is 19.6. The van der Waals surface area contributed by atoms with Crippen LogP contribution in [-0.4, -0.2) is 40.5 Å². The number of hydrogen-bond donors (Lipinski definition) is 0. The van der Waals surface area contributed by atoms with Gasteiger partial charge >= 0.3 is 6.18 Å². The molecule has 0 saturated carbocycles. The Morgan fingerprint density at radius 2 is 1.92 bits per heavy atom. The first-order chi connectivity index (χ1) is 17.1. The molecule has 2 aromatic carbocycles. The Kier molecular flexibility index (Phi) is 7.62. The van der Waals surface area contributed by atoms with E-state index in [1.807, 2.05) is 6.07 Å². The average Bonchev–Trinajstić information content (AvgIpc) is 2.86. The minimum Gasteiger partial charge on any atom is -0.492 e. The number of rotatable bonds is 7. The van der Waals surface area contributed by atoms with Crippen molar-refractivity contribution in [3.8, 4) is 11.8 Å². The van der Waals surface area contributed by atoms with Crippen molar-refractivity contribution in [2.24, 2.45) is 5.92 Å². The van der Waals surface area contributed by atoms with E-state index in [4.69, 9.17) is 9.47 Å². The number of nitriles is 1. The molecule has 2 aliphatic heterocycles. The lowest BCUT2D eigenvalue weighted by molar-refractivity contribution is -0.138. The van der Waals surface area contributed by atoms with Gasteiger partial charge in [-0.2, -0.15) is 18.4 Å². The summed E-state index contributed by atoms with van der Waals surface area (Å²) in [4.78, 5) is -0.259. The van der Waals surface area contributed by atoms with Crippen LogP contribution < -0.4 is 9.04 Å². The van der Waals surface area contributed by atoms with Crippen LogP contribution in [0, 0.1) is 17.2 Å². The highest BCUT2D eigenvalue weighted by atomic mass is 32.2. The molecule has 2 aliphatic rings. The lowest BCUT2D eigenvalue weighted by Gasteiger charge is -2.38. The van der Waals surface area contributed by atoms with E-state index in [1.165, 1.54) is 24.3 Å². The number of hydrogen-bond acceptors (Lipinski definition) is 5. The second-order valence-electron chi connectivity index (χ2n) is 9.04. The fourth-order valence-corrected chi connectivity index (χ4v) is 6.42. The third-order valence-electron chi connectivity index (χ3n) is 6.57. The molecule has 2 aromatic rings. The minimum atomic E-state index is -4.54. The van der Waals surface area contributed by atoms with Gasteiger partial charge in [0.15, 0.2) is 0 Å². The smallest absolute Gasteiger partial charge is 0.391 e. The maximum atomic E-state index is 13.8. The second kappa shape index (κ2) is 10.5. The molecule has 0 amide bonds. The molecule has 0 radical (unpaired) electrons. The normalized spacial score (nSPS) is 18.8. The first-order valence-electron chi connectivity index (χ1n) is 11.7. The highest BCUT2D eigenvalue weighted by Crippen LogP contribution is 2.40. The van der Waals surface area contributed by atoms with Crippen molar-refractivity contribution in [3.05, 3.63) is 59.7 Å². The maximum absolute atomic E-state index is 13.8. The van der Waals surface area contributed by atoms with Gasteiger partial charge in [-0.1, -0.05) is 18.7 Å². The van der Waals surface area contributed by atoms with Crippen LogP contribution in [0.15, 0.2) is 47.9 Å². The van der Waals surface area contributed by atoms with Gasteiger partial charge in [-0.3, -0.25) is 4.31 Å². The minimum absolute atomic E-state index is 0.00902. The number of ether oxygens (including phenoxy) is 2. The number of nitrogens with zero attached hydrogens (tertiary/aromatic N) is 2. The van der Waals surface area contributed by atoms with Crippen molar-refractivity contribution in [2.75, 3.05) is 24.1 Å². The van der Waals surface area contributed by atoms with Crippen molar-refractivity contribution in [1.29, 1.82) is 5.26 Å². The third kappa shape index (κ3) is 5.68. The van der Waals surface area contributed by atoms with Gasteiger partial charge in [0.2, 0.25) is 0 Å². The maximum Gasteiger partial charge on any atom is 0.391 e. The Balaban J connectivity index is 1.68. The monoisotopic (exact) mass is 520 g/mol. The molecule has 1 saturated heterocycles.